The van der Waals surface area contributed by atoms with Gasteiger partial charge in [0.25, 0.3) is 0 Å². The molecule has 1 aromatic rings. The first-order chi connectivity index (χ1) is 10.4. The minimum Gasteiger partial charge on any atom is -0.444 e. The zero-order chi connectivity index (χ0) is 15.7. The Balaban J connectivity index is 1.50. The van der Waals surface area contributed by atoms with Crippen LogP contribution in [0, 0.1) is 0 Å². The van der Waals surface area contributed by atoms with E-state index in [2.05, 4.69) is 16.6 Å². The second-order valence-corrected chi connectivity index (χ2v) is 7.33. The van der Waals surface area contributed by atoms with E-state index < -0.39 is 5.60 Å². The summed E-state index contributed by atoms with van der Waals surface area (Å²) in [7, 11) is 0. The Hall–Kier alpha value is -1.72. The lowest BCUT2D eigenvalue weighted by Gasteiger charge is -2.33. The molecule has 1 N–H and O–H groups in total. The smallest absolute Gasteiger partial charge is 0.410 e. The van der Waals surface area contributed by atoms with E-state index in [0.717, 1.165) is 31.6 Å². The molecule has 6 nitrogen and oxygen atoms in total. The topological polar surface area (TPSA) is 59.4 Å². The molecule has 0 unspecified atom stereocenters. The van der Waals surface area contributed by atoms with Crippen LogP contribution in [0.1, 0.15) is 52.5 Å². The van der Waals surface area contributed by atoms with Crippen LogP contribution in [-0.2, 0) is 4.74 Å². The molecule has 0 aromatic carbocycles. The first-order valence-corrected chi connectivity index (χ1v) is 8.19. The lowest BCUT2D eigenvalue weighted by molar-refractivity contribution is 0.0185. The molecule has 2 aliphatic rings. The van der Waals surface area contributed by atoms with Gasteiger partial charge < -0.3 is 15.0 Å². The Morgan fingerprint density at radius 3 is 2.55 bits per heavy atom. The van der Waals surface area contributed by atoms with Crippen molar-refractivity contribution in [3.8, 4) is 0 Å². The predicted octanol–water partition coefficient (Wildman–Crippen LogP) is 3.03. The van der Waals surface area contributed by atoms with E-state index >= 15 is 0 Å². The van der Waals surface area contributed by atoms with Crippen molar-refractivity contribution >= 4 is 11.8 Å². The number of nitrogens with zero attached hydrogens (tertiary/aromatic N) is 3. The SMILES string of the molecule is CC(C)(C)OC(=O)N1CCC(n2cc(NC3CC3)cn2)CC1. The van der Waals surface area contributed by atoms with Crippen molar-refractivity contribution in [2.75, 3.05) is 18.4 Å². The Bertz CT molecular complexity index is 522. The minimum absolute atomic E-state index is 0.206. The summed E-state index contributed by atoms with van der Waals surface area (Å²) in [5, 5.41) is 7.93. The summed E-state index contributed by atoms with van der Waals surface area (Å²) in [6.07, 6.45) is 8.15. The van der Waals surface area contributed by atoms with Crippen LogP contribution in [0.5, 0.6) is 0 Å². The van der Waals surface area contributed by atoms with Crippen LogP contribution < -0.4 is 5.32 Å². The van der Waals surface area contributed by atoms with Crippen LogP contribution >= 0.6 is 0 Å². The minimum atomic E-state index is -0.431. The second kappa shape index (κ2) is 5.82. The fourth-order valence-electron chi connectivity index (χ4n) is 2.72. The summed E-state index contributed by atoms with van der Waals surface area (Å²) in [4.78, 5) is 13.9. The number of ether oxygens (including phenoxy) is 1. The second-order valence-electron chi connectivity index (χ2n) is 7.33. The molecule has 2 heterocycles. The van der Waals surface area contributed by atoms with Gasteiger partial charge in [-0.05, 0) is 46.5 Å². The third-order valence-corrected chi connectivity index (χ3v) is 4.04. The number of piperidine rings is 1. The molecule has 1 amide bonds. The van der Waals surface area contributed by atoms with Gasteiger partial charge in [0, 0.05) is 25.3 Å². The molecule has 0 bridgehead atoms. The van der Waals surface area contributed by atoms with Crippen LogP contribution in [0.2, 0.25) is 0 Å². The number of rotatable bonds is 3. The first-order valence-electron chi connectivity index (χ1n) is 8.19. The standard InChI is InChI=1S/C16H26N4O2/c1-16(2,3)22-15(21)19-8-6-14(7-9-19)20-11-13(10-17-20)18-12-4-5-12/h10-12,14,18H,4-9H2,1-3H3. The Morgan fingerprint density at radius 1 is 1.27 bits per heavy atom. The van der Waals surface area contributed by atoms with Gasteiger partial charge >= 0.3 is 6.09 Å². The molecule has 1 saturated carbocycles. The zero-order valence-corrected chi connectivity index (χ0v) is 13.7. The van der Waals surface area contributed by atoms with Gasteiger partial charge in [-0.15, -0.1) is 0 Å². The van der Waals surface area contributed by atoms with Crippen molar-refractivity contribution in [2.45, 2.75) is 64.1 Å². The zero-order valence-electron chi connectivity index (χ0n) is 13.7. The van der Waals surface area contributed by atoms with Crippen molar-refractivity contribution in [1.82, 2.24) is 14.7 Å². The molecule has 6 heteroatoms. The summed E-state index contributed by atoms with van der Waals surface area (Å²) < 4.78 is 7.47. The number of anilines is 1. The average molecular weight is 306 g/mol. The van der Waals surface area contributed by atoms with Gasteiger partial charge in [-0.25, -0.2) is 4.79 Å². The average Bonchev–Trinajstić information content (AvgIpc) is 3.13. The number of nitrogens with one attached hydrogen (secondary N) is 1. The van der Waals surface area contributed by atoms with E-state index in [1.165, 1.54) is 12.8 Å². The van der Waals surface area contributed by atoms with Crippen LogP contribution in [-0.4, -0.2) is 45.5 Å². The summed E-state index contributed by atoms with van der Waals surface area (Å²) in [6.45, 7) is 7.15. The van der Waals surface area contributed by atoms with Gasteiger partial charge in [0.1, 0.15) is 5.60 Å². The number of likely N-dealkylation sites (tertiary alicyclic amines) is 1. The number of amides is 1. The molecule has 0 atom stereocenters. The maximum absolute atomic E-state index is 12.1. The Kier molecular flexibility index (Phi) is 4.02. The Morgan fingerprint density at radius 2 is 1.95 bits per heavy atom. The number of hydrogen-bond donors (Lipinski definition) is 1. The van der Waals surface area contributed by atoms with Crippen molar-refractivity contribution in [2.24, 2.45) is 0 Å². The molecule has 1 saturated heterocycles. The van der Waals surface area contributed by atoms with Gasteiger partial charge in [-0.3, -0.25) is 4.68 Å². The number of carbonyl (C=O) groups is 1. The van der Waals surface area contributed by atoms with Crippen LogP contribution in [0.3, 0.4) is 0 Å². The summed E-state index contributed by atoms with van der Waals surface area (Å²) >= 11 is 0. The van der Waals surface area contributed by atoms with E-state index in [4.69, 9.17) is 4.74 Å². The third kappa shape index (κ3) is 3.93. The molecule has 2 fully saturated rings. The summed E-state index contributed by atoms with van der Waals surface area (Å²) in [5.41, 5.74) is 0.677. The van der Waals surface area contributed by atoms with Gasteiger partial charge in [-0.2, -0.15) is 5.10 Å². The quantitative estimate of drug-likeness (QED) is 0.932. The molecule has 3 rings (SSSR count). The monoisotopic (exact) mass is 306 g/mol. The highest BCUT2D eigenvalue weighted by Gasteiger charge is 2.28. The number of carbonyl (C=O) groups excluding carboxylic acids is 1. The van der Waals surface area contributed by atoms with Gasteiger partial charge in [-0.1, -0.05) is 0 Å². The number of aromatic nitrogens is 2. The van der Waals surface area contributed by atoms with E-state index in [-0.39, 0.29) is 6.09 Å². The largest absolute Gasteiger partial charge is 0.444 e. The molecule has 0 radical (unpaired) electrons. The van der Waals surface area contributed by atoms with Crippen molar-refractivity contribution in [3.63, 3.8) is 0 Å². The van der Waals surface area contributed by atoms with E-state index in [1.54, 1.807) is 4.90 Å². The summed E-state index contributed by atoms with van der Waals surface area (Å²) in [6, 6.07) is 1.01. The normalized spacial score (nSPS) is 20.0. The molecule has 1 aliphatic heterocycles. The summed E-state index contributed by atoms with van der Waals surface area (Å²) in [5.74, 6) is 0. The maximum atomic E-state index is 12.1. The molecule has 1 aliphatic carbocycles. The molecule has 22 heavy (non-hydrogen) atoms. The Labute approximate surface area is 131 Å². The van der Waals surface area contributed by atoms with E-state index in [0.29, 0.717) is 12.1 Å². The van der Waals surface area contributed by atoms with Crippen molar-refractivity contribution < 1.29 is 9.53 Å². The van der Waals surface area contributed by atoms with Gasteiger partial charge in [0.2, 0.25) is 0 Å². The molecular weight excluding hydrogens is 280 g/mol. The molecule has 1 aromatic heterocycles. The molecule has 122 valence electrons. The van der Waals surface area contributed by atoms with Crippen LogP contribution in [0.4, 0.5) is 10.5 Å². The van der Waals surface area contributed by atoms with Crippen LogP contribution in [0.15, 0.2) is 12.4 Å². The first kappa shape index (κ1) is 15.2. The van der Waals surface area contributed by atoms with E-state index in [1.807, 2.05) is 31.6 Å². The lowest BCUT2D eigenvalue weighted by atomic mass is 10.1. The highest BCUT2D eigenvalue weighted by atomic mass is 16.6. The molecular formula is C16H26N4O2. The van der Waals surface area contributed by atoms with Gasteiger partial charge in [0.15, 0.2) is 0 Å². The number of hydrogen-bond acceptors (Lipinski definition) is 4. The van der Waals surface area contributed by atoms with Crippen molar-refractivity contribution in [3.05, 3.63) is 12.4 Å². The van der Waals surface area contributed by atoms with Gasteiger partial charge in [0.05, 0.1) is 17.9 Å². The van der Waals surface area contributed by atoms with Crippen LogP contribution in [0.25, 0.3) is 0 Å². The highest BCUT2D eigenvalue weighted by Crippen LogP contribution is 2.27. The van der Waals surface area contributed by atoms with Crippen molar-refractivity contribution in [1.29, 1.82) is 0 Å². The lowest BCUT2D eigenvalue weighted by Crippen LogP contribution is -2.42. The van der Waals surface area contributed by atoms with E-state index in [9.17, 15) is 4.79 Å². The predicted molar refractivity (Wildman–Crippen MR) is 84.9 cm³/mol. The third-order valence-electron chi connectivity index (χ3n) is 4.04. The molecule has 0 spiro atoms. The maximum Gasteiger partial charge on any atom is 0.410 e. The fraction of sp³-hybridized carbons (Fsp3) is 0.750. The highest BCUT2D eigenvalue weighted by molar-refractivity contribution is 5.68. The fourth-order valence-corrected chi connectivity index (χ4v) is 2.72.